The van der Waals surface area contributed by atoms with E-state index in [-0.39, 0.29) is 0 Å². The van der Waals surface area contributed by atoms with Crippen LogP contribution in [0.15, 0.2) is 24.3 Å². The molecule has 0 aliphatic carbocycles. The van der Waals surface area contributed by atoms with Gasteiger partial charge in [-0.05, 0) is 32.0 Å². The predicted octanol–water partition coefficient (Wildman–Crippen LogP) is 2.28. The lowest BCUT2D eigenvalue weighted by molar-refractivity contribution is 0.648. The van der Waals surface area contributed by atoms with E-state index >= 15 is 0 Å². The van der Waals surface area contributed by atoms with Crippen LogP contribution >= 0.6 is 0 Å². The SMILES string of the molecule is CNC(C)c1ccccc1C. The van der Waals surface area contributed by atoms with Crippen LogP contribution in [0.25, 0.3) is 0 Å². The molecule has 0 fully saturated rings. The first-order valence-electron chi connectivity index (χ1n) is 3.98. The summed E-state index contributed by atoms with van der Waals surface area (Å²) in [6.45, 7) is 4.31. The zero-order valence-corrected chi connectivity index (χ0v) is 7.39. The lowest BCUT2D eigenvalue weighted by Gasteiger charge is -2.12. The molecule has 0 saturated heterocycles. The number of benzene rings is 1. The summed E-state index contributed by atoms with van der Waals surface area (Å²) in [5.74, 6) is 0. The molecule has 0 bridgehead atoms. The van der Waals surface area contributed by atoms with Crippen LogP contribution < -0.4 is 5.32 Å². The largest absolute Gasteiger partial charge is 0.313 e. The van der Waals surface area contributed by atoms with Crippen LogP contribution in [0.5, 0.6) is 0 Å². The molecule has 0 radical (unpaired) electrons. The van der Waals surface area contributed by atoms with Crippen molar-refractivity contribution in [1.82, 2.24) is 5.32 Å². The number of hydrogen-bond acceptors (Lipinski definition) is 1. The molecule has 11 heavy (non-hydrogen) atoms. The van der Waals surface area contributed by atoms with Gasteiger partial charge in [0.2, 0.25) is 0 Å². The summed E-state index contributed by atoms with van der Waals surface area (Å²) < 4.78 is 0. The molecule has 0 aliphatic rings. The monoisotopic (exact) mass is 149 g/mol. The Balaban J connectivity index is 2.93. The van der Waals surface area contributed by atoms with Gasteiger partial charge in [0.25, 0.3) is 0 Å². The van der Waals surface area contributed by atoms with Crippen LogP contribution in [0, 0.1) is 6.92 Å². The van der Waals surface area contributed by atoms with Crippen LogP contribution in [-0.4, -0.2) is 7.05 Å². The van der Waals surface area contributed by atoms with Gasteiger partial charge in [0, 0.05) is 6.04 Å². The van der Waals surface area contributed by atoms with Crippen LogP contribution in [0.3, 0.4) is 0 Å². The third kappa shape index (κ3) is 1.81. The molecular weight excluding hydrogens is 134 g/mol. The molecule has 0 amide bonds. The summed E-state index contributed by atoms with van der Waals surface area (Å²) in [4.78, 5) is 0. The van der Waals surface area contributed by atoms with Crippen LogP contribution in [-0.2, 0) is 0 Å². The summed E-state index contributed by atoms with van der Waals surface area (Å²) in [5.41, 5.74) is 2.74. The van der Waals surface area contributed by atoms with Gasteiger partial charge in [-0.15, -0.1) is 0 Å². The molecule has 1 heteroatoms. The third-order valence-corrected chi connectivity index (χ3v) is 2.09. The van der Waals surface area contributed by atoms with Gasteiger partial charge in [-0.1, -0.05) is 24.3 Å². The molecule has 1 N–H and O–H groups in total. The lowest BCUT2D eigenvalue weighted by Crippen LogP contribution is -2.13. The minimum Gasteiger partial charge on any atom is -0.313 e. The minimum atomic E-state index is 0.455. The van der Waals surface area contributed by atoms with Gasteiger partial charge < -0.3 is 5.32 Å². The Labute approximate surface area is 68.4 Å². The lowest BCUT2D eigenvalue weighted by atomic mass is 10.0. The third-order valence-electron chi connectivity index (χ3n) is 2.09. The molecular formula is C10H15N. The van der Waals surface area contributed by atoms with E-state index in [2.05, 4.69) is 43.4 Å². The van der Waals surface area contributed by atoms with Gasteiger partial charge in [-0.3, -0.25) is 0 Å². The highest BCUT2D eigenvalue weighted by Crippen LogP contribution is 2.15. The average molecular weight is 149 g/mol. The van der Waals surface area contributed by atoms with E-state index in [0.29, 0.717) is 6.04 Å². The first-order valence-corrected chi connectivity index (χ1v) is 3.98. The van der Waals surface area contributed by atoms with Crippen molar-refractivity contribution in [2.24, 2.45) is 0 Å². The maximum atomic E-state index is 3.22. The van der Waals surface area contributed by atoms with Crippen molar-refractivity contribution >= 4 is 0 Å². The van der Waals surface area contributed by atoms with Gasteiger partial charge in [0.1, 0.15) is 0 Å². The van der Waals surface area contributed by atoms with Gasteiger partial charge in [-0.2, -0.15) is 0 Å². The van der Waals surface area contributed by atoms with Crippen molar-refractivity contribution in [2.75, 3.05) is 7.05 Å². The number of hydrogen-bond donors (Lipinski definition) is 1. The van der Waals surface area contributed by atoms with E-state index in [1.54, 1.807) is 0 Å². The first kappa shape index (κ1) is 8.28. The molecule has 1 aromatic rings. The molecule has 0 saturated carbocycles. The van der Waals surface area contributed by atoms with Gasteiger partial charge in [-0.25, -0.2) is 0 Å². The highest BCUT2D eigenvalue weighted by molar-refractivity contribution is 5.27. The second-order valence-corrected chi connectivity index (χ2v) is 2.87. The second-order valence-electron chi connectivity index (χ2n) is 2.87. The van der Waals surface area contributed by atoms with Gasteiger partial charge in [0.15, 0.2) is 0 Å². The fourth-order valence-corrected chi connectivity index (χ4v) is 1.23. The first-order chi connectivity index (χ1) is 5.25. The minimum absolute atomic E-state index is 0.455. The summed E-state index contributed by atoms with van der Waals surface area (Å²) in [6, 6.07) is 8.91. The Morgan fingerprint density at radius 2 is 1.91 bits per heavy atom. The number of rotatable bonds is 2. The predicted molar refractivity (Wildman–Crippen MR) is 48.7 cm³/mol. The molecule has 0 aliphatic heterocycles. The molecule has 0 spiro atoms. The van der Waals surface area contributed by atoms with Crippen molar-refractivity contribution < 1.29 is 0 Å². The fourth-order valence-electron chi connectivity index (χ4n) is 1.23. The fraction of sp³-hybridized carbons (Fsp3) is 0.400. The molecule has 1 rings (SSSR count). The summed E-state index contributed by atoms with van der Waals surface area (Å²) in [7, 11) is 1.98. The Kier molecular flexibility index (Phi) is 2.66. The second kappa shape index (κ2) is 3.54. The molecule has 0 heterocycles. The maximum absolute atomic E-state index is 3.22. The van der Waals surface area contributed by atoms with Crippen molar-refractivity contribution in [3.63, 3.8) is 0 Å². The molecule has 60 valence electrons. The standard InChI is InChI=1S/C10H15N/c1-8-6-4-5-7-10(8)9(2)11-3/h4-7,9,11H,1-3H3. The Hall–Kier alpha value is -0.820. The average Bonchev–Trinajstić information content (AvgIpc) is 2.04. The highest BCUT2D eigenvalue weighted by Gasteiger charge is 2.02. The van der Waals surface area contributed by atoms with Crippen molar-refractivity contribution in [2.45, 2.75) is 19.9 Å². The normalized spacial score (nSPS) is 13.0. The van der Waals surface area contributed by atoms with E-state index in [0.717, 1.165) is 0 Å². The van der Waals surface area contributed by atoms with E-state index in [1.165, 1.54) is 11.1 Å². The topological polar surface area (TPSA) is 12.0 Å². The smallest absolute Gasteiger partial charge is 0.0291 e. The maximum Gasteiger partial charge on any atom is 0.0291 e. The number of aryl methyl sites for hydroxylation is 1. The molecule has 0 aromatic heterocycles. The molecule has 1 aromatic carbocycles. The quantitative estimate of drug-likeness (QED) is 0.680. The molecule has 1 unspecified atom stereocenters. The molecule has 1 atom stereocenters. The van der Waals surface area contributed by atoms with Crippen LogP contribution in [0.2, 0.25) is 0 Å². The van der Waals surface area contributed by atoms with E-state index in [9.17, 15) is 0 Å². The van der Waals surface area contributed by atoms with Gasteiger partial charge >= 0.3 is 0 Å². The Morgan fingerprint density at radius 1 is 1.27 bits per heavy atom. The highest BCUT2D eigenvalue weighted by atomic mass is 14.9. The zero-order valence-electron chi connectivity index (χ0n) is 7.39. The van der Waals surface area contributed by atoms with Gasteiger partial charge in [0.05, 0.1) is 0 Å². The van der Waals surface area contributed by atoms with Crippen molar-refractivity contribution in [1.29, 1.82) is 0 Å². The summed E-state index contributed by atoms with van der Waals surface area (Å²) >= 11 is 0. The zero-order chi connectivity index (χ0) is 8.27. The van der Waals surface area contributed by atoms with Crippen molar-refractivity contribution in [3.8, 4) is 0 Å². The van der Waals surface area contributed by atoms with E-state index < -0.39 is 0 Å². The molecule has 1 nitrogen and oxygen atoms in total. The Morgan fingerprint density at radius 3 is 2.45 bits per heavy atom. The van der Waals surface area contributed by atoms with E-state index in [4.69, 9.17) is 0 Å². The summed E-state index contributed by atoms with van der Waals surface area (Å²) in [5, 5.41) is 3.22. The Bertz CT molecular complexity index is 230. The van der Waals surface area contributed by atoms with Crippen molar-refractivity contribution in [3.05, 3.63) is 35.4 Å². The summed E-state index contributed by atoms with van der Waals surface area (Å²) in [6.07, 6.45) is 0. The van der Waals surface area contributed by atoms with E-state index in [1.807, 2.05) is 7.05 Å². The van der Waals surface area contributed by atoms with Crippen LogP contribution in [0.4, 0.5) is 0 Å². The number of nitrogens with one attached hydrogen (secondary N) is 1. The van der Waals surface area contributed by atoms with Crippen LogP contribution in [0.1, 0.15) is 24.1 Å².